The van der Waals surface area contributed by atoms with Crippen LogP contribution in [0.15, 0.2) is 158 Å². The molecule has 0 amide bonds. The molecule has 0 bridgehead atoms. The number of nitrogens with zero attached hydrogens (tertiary/aromatic N) is 3. The van der Waals surface area contributed by atoms with E-state index < -0.39 is 0 Å². The number of hydrogen-bond donors (Lipinski definition) is 0. The van der Waals surface area contributed by atoms with Gasteiger partial charge in [0.25, 0.3) is 0 Å². The number of aromatic nitrogens is 3. The first-order valence-electron chi connectivity index (χ1n) is 21.8. The maximum atomic E-state index is 2.50. The van der Waals surface area contributed by atoms with Crippen LogP contribution in [0.2, 0.25) is 0 Å². The Morgan fingerprint density at radius 3 is 1.40 bits per heavy atom. The highest BCUT2D eigenvalue weighted by atomic mass is 15.0. The number of aryl methyl sites for hydroxylation is 3. The molecule has 292 valence electrons. The quantitative estimate of drug-likeness (QED) is 0.155. The van der Waals surface area contributed by atoms with Gasteiger partial charge < -0.3 is 13.7 Å². The molecule has 0 fully saturated rings. The molecule has 1 aliphatic rings. The highest BCUT2D eigenvalue weighted by Gasteiger charge is 2.30. The highest BCUT2D eigenvalue weighted by Crippen LogP contribution is 2.51. The lowest BCUT2D eigenvalue weighted by molar-refractivity contribution is 0.967. The maximum Gasteiger partial charge on any atom is 0.0568 e. The molecule has 0 saturated carbocycles. The van der Waals surface area contributed by atoms with Crippen molar-refractivity contribution in [2.24, 2.45) is 21.1 Å². The molecule has 0 aliphatic heterocycles. The molecule has 0 saturated heterocycles. The van der Waals surface area contributed by atoms with Crippen LogP contribution in [-0.2, 0) is 21.1 Å². The van der Waals surface area contributed by atoms with Crippen LogP contribution in [0.1, 0.15) is 35.1 Å². The monoisotopic (exact) mass is 791 g/mol. The Balaban J connectivity index is 0.974. The molecule has 10 aromatic carbocycles. The molecule has 3 heterocycles. The summed E-state index contributed by atoms with van der Waals surface area (Å²) in [7, 11) is 6.70. The summed E-state index contributed by atoms with van der Waals surface area (Å²) in [6.07, 6.45) is 4.74. The Morgan fingerprint density at radius 2 is 0.790 bits per heavy atom. The third-order valence-electron chi connectivity index (χ3n) is 14.8. The smallest absolute Gasteiger partial charge is 0.0568 e. The van der Waals surface area contributed by atoms with E-state index in [9.17, 15) is 0 Å². The van der Waals surface area contributed by atoms with Gasteiger partial charge in [0.2, 0.25) is 0 Å². The molecule has 0 spiro atoms. The lowest BCUT2D eigenvalue weighted by Crippen LogP contribution is -1.93. The zero-order valence-electron chi connectivity index (χ0n) is 35.1. The van der Waals surface area contributed by atoms with Crippen molar-refractivity contribution >= 4 is 121 Å². The molecule has 3 heteroatoms. The fraction of sp³-hybridized carbons (Fsp3) is 0.0847. The van der Waals surface area contributed by atoms with Gasteiger partial charge in [-0.05, 0) is 96.7 Å². The first-order valence-corrected chi connectivity index (χ1v) is 21.8. The fourth-order valence-corrected chi connectivity index (χ4v) is 12.0. The van der Waals surface area contributed by atoms with E-state index in [1.165, 1.54) is 142 Å². The summed E-state index contributed by atoms with van der Waals surface area (Å²) in [4.78, 5) is 0. The molecule has 0 N–H and O–H groups in total. The van der Waals surface area contributed by atoms with Gasteiger partial charge in [0.05, 0.1) is 16.6 Å². The minimum absolute atomic E-state index is 0.285. The van der Waals surface area contributed by atoms with Crippen LogP contribution in [0, 0.1) is 0 Å². The van der Waals surface area contributed by atoms with Crippen LogP contribution in [0.5, 0.6) is 0 Å². The molecule has 1 unspecified atom stereocenters. The molecule has 3 aromatic heterocycles. The normalized spacial score (nSPS) is 14.2. The van der Waals surface area contributed by atoms with Crippen molar-refractivity contribution in [1.29, 1.82) is 0 Å². The number of rotatable bonds is 2. The summed E-state index contributed by atoms with van der Waals surface area (Å²) in [5.41, 5.74) is 15.7. The van der Waals surface area contributed by atoms with E-state index in [2.05, 4.69) is 212 Å². The van der Waals surface area contributed by atoms with Crippen molar-refractivity contribution in [3.8, 4) is 11.1 Å². The van der Waals surface area contributed by atoms with E-state index in [-0.39, 0.29) is 5.92 Å². The second-order valence-electron chi connectivity index (χ2n) is 17.8. The predicted molar refractivity (Wildman–Crippen MR) is 267 cm³/mol. The third kappa shape index (κ3) is 4.30. The van der Waals surface area contributed by atoms with E-state index in [0.717, 1.165) is 0 Å². The minimum atomic E-state index is 0.285. The van der Waals surface area contributed by atoms with Gasteiger partial charge in [-0.15, -0.1) is 0 Å². The summed E-state index contributed by atoms with van der Waals surface area (Å²) in [5, 5.41) is 18.2. The molecular weight excluding hydrogens is 751 g/mol. The number of benzene rings is 10. The Hall–Kier alpha value is -7.62. The van der Waals surface area contributed by atoms with Crippen LogP contribution in [-0.4, -0.2) is 13.7 Å². The SMILES string of the molecule is CC1c2cc3c4ccc5ccccc5c4n(C)c3cc2-c2cc(/C=C/c3cc4c5cc6c(cc5n(C)c4c4ccccc34)c3ccc4ccccc4c3n6C)c3ccccc3c21. The van der Waals surface area contributed by atoms with E-state index in [0.29, 0.717) is 0 Å². The van der Waals surface area contributed by atoms with Gasteiger partial charge in [0.1, 0.15) is 0 Å². The van der Waals surface area contributed by atoms with Gasteiger partial charge in [-0.1, -0.05) is 140 Å². The molecule has 62 heavy (non-hydrogen) atoms. The van der Waals surface area contributed by atoms with Crippen LogP contribution in [0.25, 0.3) is 132 Å². The van der Waals surface area contributed by atoms with Gasteiger partial charge in [0.15, 0.2) is 0 Å². The van der Waals surface area contributed by atoms with Crippen molar-refractivity contribution in [2.75, 3.05) is 0 Å². The highest BCUT2D eigenvalue weighted by molar-refractivity contribution is 6.25. The minimum Gasteiger partial charge on any atom is -0.343 e. The second-order valence-corrected chi connectivity index (χ2v) is 17.8. The summed E-state index contributed by atoms with van der Waals surface area (Å²) >= 11 is 0. The average molecular weight is 792 g/mol. The molecule has 13 aromatic rings. The van der Waals surface area contributed by atoms with E-state index in [1.54, 1.807) is 0 Å². The van der Waals surface area contributed by atoms with Crippen LogP contribution >= 0.6 is 0 Å². The zero-order valence-corrected chi connectivity index (χ0v) is 35.1. The molecule has 1 aliphatic carbocycles. The van der Waals surface area contributed by atoms with Gasteiger partial charge in [-0.2, -0.15) is 0 Å². The predicted octanol–water partition coefficient (Wildman–Crippen LogP) is 15.5. The molecule has 3 nitrogen and oxygen atoms in total. The average Bonchev–Trinajstić information content (AvgIpc) is 3.97. The topological polar surface area (TPSA) is 14.8 Å². The Kier molecular flexibility index (Phi) is 6.62. The third-order valence-corrected chi connectivity index (χ3v) is 14.8. The van der Waals surface area contributed by atoms with Gasteiger partial charge in [-0.25, -0.2) is 0 Å². The Labute approximate surface area is 357 Å². The van der Waals surface area contributed by atoms with Crippen molar-refractivity contribution in [1.82, 2.24) is 13.7 Å². The second kappa shape index (κ2) is 12.0. The van der Waals surface area contributed by atoms with Crippen molar-refractivity contribution in [3.05, 3.63) is 180 Å². The molecular formula is C59H41N3. The summed E-state index contributed by atoms with van der Waals surface area (Å²) < 4.78 is 7.24. The Bertz CT molecular complexity index is 4200. The van der Waals surface area contributed by atoms with E-state index >= 15 is 0 Å². The lowest BCUT2D eigenvalue weighted by atomic mass is 9.90. The lowest BCUT2D eigenvalue weighted by Gasteiger charge is -2.13. The number of fused-ring (bicyclic) bond motifs is 20. The molecule has 1 atom stereocenters. The van der Waals surface area contributed by atoms with Crippen LogP contribution < -0.4 is 0 Å². The van der Waals surface area contributed by atoms with Gasteiger partial charge >= 0.3 is 0 Å². The number of hydrogen-bond acceptors (Lipinski definition) is 0. The van der Waals surface area contributed by atoms with Crippen molar-refractivity contribution in [3.63, 3.8) is 0 Å². The first kappa shape index (κ1) is 34.1. The summed E-state index contributed by atoms with van der Waals surface area (Å²) in [6, 6.07) is 59.4. The van der Waals surface area contributed by atoms with Crippen LogP contribution in [0.4, 0.5) is 0 Å². The molecule has 0 radical (unpaired) electrons. The Morgan fingerprint density at radius 1 is 0.355 bits per heavy atom. The fourth-order valence-electron chi connectivity index (χ4n) is 12.0. The van der Waals surface area contributed by atoms with Gasteiger partial charge in [-0.3, -0.25) is 0 Å². The van der Waals surface area contributed by atoms with Crippen molar-refractivity contribution < 1.29 is 0 Å². The van der Waals surface area contributed by atoms with E-state index in [4.69, 9.17) is 0 Å². The summed E-state index contributed by atoms with van der Waals surface area (Å²) in [5.74, 6) is 0.285. The standard InChI is InChI=1S/C59H41N3/c1-33-46-29-48-44-25-23-34-13-5-7-17-40(34)57(44)60(2)53(48)30-47(46)51-27-36(38-15-9-11-19-42(38)56(33)51)21-22-37-28-52-50-32-54-49(31-55(50)62(4)59(52)43-20-12-10-16-39(37)43)45-26-24-35-14-6-8-18-41(35)58(45)61(54)3/h5-33H,1-4H3/b22-21+. The maximum absolute atomic E-state index is 2.50. The molecule has 14 rings (SSSR count). The first-order chi connectivity index (χ1) is 30.4. The van der Waals surface area contributed by atoms with Crippen molar-refractivity contribution in [2.45, 2.75) is 12.8 Å². The summed E-state index contributed by atoms with van der Waals surface area (Å²) in [6.45, 7) is 2.40. The van der Waals surface area contributed by atoms with E-state index in [1.807, 2.05) is 0 Å². The van der Waals surface area contributed by atoms with Gasteiger partial charge in [0, 0.05) is 92.1 Å². The largest absolute Gasteiger partial charge is 0.343 e. The zero-order chi connectivity index (χ0) is 41.1. The van der Waals surface area contributed by atoms with Crippen LogP contribution in [0.3, 0.4) is 0 Å².